The lowest BCUT2D eigenvalue weighted by Crippen LogP contribution is -2.32. The number of methoxy groups -OCH3 is 1. The predicted molar refractivity (Wildman–Crippen MR) is 101 cm³/mol. The van der Waals surface area contributed by atoms with Gasteiger partial charge in [0.15, 0.2) is 0 Å². The van der Waals surface area contributed by atoms with Crippen LogP contribution in [0.1, 0.15) is 13.3 Å². The van der Waals surface area contributed by atoms with E-state index in [0.29, 0.717) is 22.1 Å². The Kier molecular flexibility index (Phi) is 6.67. The third kappa shape index (κ3) is 5.11. The lowest BCUT2D eigenvalue weighted by atomic mass is 10.2. The molecule has 5 nitrogen and oxygen atoms in total. The summed E-state index contributed by atoms with van der Waals surface area (Å²) in [5.41, 5.74) is 1.14. The molecule has 25 heavy (non-hydrogen) atoms. The first kappa shape index (κ1) is 19.1. The molecule has 2 amide bonds. The Morgan fingerprint density at radius 1 is 1.12 bits per heavy atom. The molecule has 0 atom stereocenters. The van der Waals surface area contributed by atoms with Crippen molar-refractivity contribution in [2.45, 2.75) is 13.3 Å². The maximum absolute atomic E-state index is 12.1. The van der Waals surface area contributed by atoms with E-state index < -0.39 is 0 Å². The monoisotopic (exact) mass is 380 g/mol. The molecule has 0 spiro atoms. The highest BCUT2D eigenvalue weighted by Crippen LogP contribution is 2.32. The highest BCUT2D eigenvalue weighted by molar-refractivity contribution is 6.44. The van der Waals surface area contributed by atoms with Crippen LogP contribution in [0.5, 0.6) is 5.75 Å². The van der Waals surface area contributed by atoms with Crippen molar-refractivity contribution in [1.29, 1.82) is 0 Å². The highest BCUT2D eigenvalue weighted by atomic mass is 35.5. The third-order valence-corrected chi connectivity index (χ3v) is 4.35. The van der Waals surface area contributed by atoms with Gasteiger partial charge >= 0.3 is 0 Å². The van der Waals surface area contributed by atoms with Crippen LogP contribution < -0.4 is 15.0 Å². The molecule has 1 N–H and O–H groups in total. The Hall–Kier alpha value is -2.24. The number of hydrogen-bond donors (Lipinski definition) is 1. The maximum Gasteiger partial charge on any atom is 0.226 e. The molecule has 132 valence electrons. The summed E-state index contributed by atoms with van der Waals surface area (Å²) in [5, 5.41) is 3.42. The lowest BCUT2D eigenvalue weighted by Gasteiger charge is -2.22. The minimum Gasteiger partial charge on any atom is -0.497 e. The molecule has 0 heterocycles. The van der Waals surface area contributed by atoms with Crippen LogP contribution in [-0.2, 0) is 9.59 Å². The molecule has 0 saturated carbocycles. The summed E-state index contributed by atoms with van der Waals surface area (Å²) in [5.74, 6) is 0.271. The van der Waals surface area contributed by atoms with Gasteiger partial charge in [-0.3, -0.25) is 9.59 Å². The molecule has 0 aliphatic carbocycles. The zero-order valence-electron chi connectivity index (χ0n) is 13.9. The van der Waals surface area contributed by atoms with Crippen LogP contribution in [0.15, 0.2) is 42.5 Å². The van der Waals surface area contributed by atoms with Gasteiger partial charge < -0.3 is 15.0 Å². The first-order valence-corrected chi connectivity index (χ1v) is 8.34. The molecule has 0 bridgehead atoms. The predicted octanol–water partition coefficient (Wildman–Crippen LogP) is 4.38. The fourth-order valence-corrected chi connectivity index (χ4v) is 2.66. The van der Waals surface area contributed by atoms with Crippen molar-refractivity contribution in [1.82, 2.24) is 0 Å². The second-order valence-corrected chi connectivity index (χ2v) is 6.06. The van der Waals surface area contributed by atoms with Gasteiger partial charge in [0.1, 0.15) is 5.75 Å². The molecule has 0 aliphatic rings. The van der Waals surface area contributed by atoms with Crippen LogP contribution in [0.3, 0.4) is 0 Å². The molecule has 7 heteroatoms. The van der Waals surface area contributed by atoms with E-state index in [1.165, 1.54) is 11.8 Å². The number of ether oxygens (including phenoxy) is 1. The molecule has 2 aromatic rings. The Morgan fingerprint density at radius 3 is 2.40 bits per heavy atom. The van der Waals surface area contributed by atoms with Crippen molar-refractivity contribution in [3.8, 4) is 5.75 Å². The van der Waals surface area contributed by atoms with E-state index in [0.717, 1.165) is 0 Å². The largest absolute Gasteiger partial charge is 0.497 e. The zero-order chi connectivity index (χ0) is 18.4. The number of carbonyl (C=O) groups is 2. The summed E-state index contributed by atoms with van der Waals surface area (Å²) in [6, 6.07) is 12.0. The molecular formula is C18H18Cl2N2O3. The Balaban J connectivity index is 2.01. The summed E-state index contributed by atoms with van der Waals surface area (Å²) < 4.78 is 5.07. The number of halogens is 2. The molecule has 0 radical (unpaired) electrons. The van der Waals surface area contributed by atoms with E-state index in [1.54, 1.807) is 49.6 Å². The van der Waals surface area contributed by atoms with Crippen molar-refractivity contribution in [3.63, 3.8) is 0 Å². The Labute approximate surface area is 156 Å². The number of carbonyl (C=O) groups excluding carboxylic acids is 2. The van der Waals surface area contributed by atoms with E-state index in [9.17, 15) is 9.59 Å². The molecular weight excluding hydrogens is 363 g/mol. The van der Waals surface area contributed by atoms with Gasteiger partial charge in [-0.2, -0.15) is 0 Å². The van der Waals surface area contributed by atoms with Crippen LogP contribution in [0, 0.1) is 0 Å². The quantitative estimate of drug-likeness (QED) is 0.808. The SMILES string of the molecule is COc1ccc(NC(=O)CCN(C(C)=O)c2cccc(Cl)c2Cl)cc1. The van der Waals surface area contributed by atoms with Gasteiger partial charge in [0.25, 0.3) is 0 Å². The average Bonchev–Trinajstić information content (AvgIpc) is 2.59. The van der Waals surface area contributed by atoms with E-state index in [-0.39, 0.29) is 29.8 Å². The highest BCUT2D eigenvalue weighted by Gasteiger charge is 2.17. The molecule has 2 aromatic carbocycles. The van der Waals surface area contributed by atoms with Gasteiger partial charge in [-0.1, -0.05) is 29.3 Å². The number of amides is 2. The molecule has 2 rings (SSSR count). The standard InChI is InChI=1S/C18H18Cl2N2O3/c1-12(23)22(16-5-3-4-15(19)18(16)20)11-10-17(24)21-13-6-8-14(25-2)9-7-13/h3-9H,10-11H2,1-2H3,(H,21,24). The normalized spacial score (nSPS) is 10.2. The summed E-state index contributed by atoms with van der Waals surface area (Å²) in [7, 11) is 1.57. The van der Waals surface area contributed by atoms with E-state index >= 15 is 0 Å². The fraction of sp³-hybridized carbons (Fsp3) is 0.222. The number of benzene rings is 2. The van der Waals surface area contributed by atoms with Gasteiger partial charge in [0.2, 0.25) is 11.8 Å². The van der Waals surface area contributed by atoms with Crippen molar-refractivity contribution in [2.75, 3.05) is 23.9 Å². The number of hydrogen-bond acceptors (Lipinski definition) is 3. The number of nitrogens with one attached hydrogen (secondary N) is 1. The van der Waals surface area contributed by atoms with Gasteiger partial charge in [-0.15, -0.1) is 0 Å². The Bertz CT molecular complexity index is 763. The fourth-order valence-electron chi connectivity index (χ4n) is 2.26. The summed E-state index contributed by atoms with van der Waals surface area (Å²) in [6.45, 7) is 1.61. The topological polar surface area (TPSA) is 58.6 Å². The van der Waals surface area contributed by atoms with Gasteiger partial charge in [-0.25, -0.2) is 0 Å². The Morgan fingerprint density at radius 2 is 1.80 bits per heavy atom. The zero-order valence-corrected chi connectivity index (χ0v) is 15.4. The van der Waals surface area contributed by atoms with E-state index in [2.05, 4.69) is 5.32 Å². The molecule has 0 saturated heterocycles. The lowest BCUT2D eigenvalue weighted by molar-refractivity contribution is -0.117. The molecule has 0 aromatic heterocycles. The van der Waals surface area contributed by atoms with Crippen LogP contribution >= 0.6 is 23.2 Å². The summed E-state index contributed by atoms with van der Waals surface area (Å²) >= 11 is 12.2. The first-order valence-electron chi connectivity index (χ1n) is 7.58. The summed E-state index contributed by atoms with van der Waals surface area (Å²) in [6.07, 6.45) is 0.119. The molecule has 0 fully saturated rings. The van der Waals surface area contributed by atoms with Gasteiger partial charge in [0.05, 0.1) is 22.8 Å². The van der Waals surface area contributed by atoms with Crippen molar-refractivity contribution >= 4 is 46.4 Å². The number of nitrogens with zero attached hydrogens (tertiary/aromatic N) is 1. The minimum atomic E-state index is -0.221. The van der Waals surface area contributed by atoms with Crippen LogP contribution in [0.4, 0.5) is 11.4 Å². The van der Waals surface area contributed by atoms with Crippen LogP contribution in [0.2, 0.25) is 10.0 Å². The van der Waals surface area contributed by atoms with Crippen molar-refractivity contribution in [2.24, 2.45) is 0 Å². The maximum atomic E-state index is 12.1. The minimum absolute atomic E-state index is 0.119. The summed E-state index contributed by atoms with van der Waals surface area (Å²) in [4.78, 5) is 25.5. The van der Waals surface area contributed by atoms with Crippen LogP contribution in [0.25, 0.3) is 0 Å². The van der Waals surface area contributed by atoms with Crippen molar-refractivity contribution in [3.05, 3.63) is 52.5 Å². The number of rotatable bonds is 6. The van der Waals surface area contributed by atoms with E-state index in [1.807, 2.05) is 0 Å². The van der Waals surface area contributed by atoms with E-state index in [4.69, 9.17) is 27.9 Å². The second-order valence-electron chi connectivity index (χ2n) is 5.27. The van der Waals surface area contributed by atoms with Gasteiger partial charge in [-0.05, 0) is 36.4 Å². The molecule has 0 unspecified atom stereocenters. The number of anilines is 2. The second kappa shape index (κ2) is 8.74. The molecule has 0 aliphatic heterocycles. The van der Waals surface area contributed by atoms with Crippen LogP contribution in [-0.4, -0.2) is 25.5 Å². The van der Waals surface area contributed by atoms with Gasteiger partial charge in [0, 0.05) is 25.6 Å². The first-order chi connectivity index (χ1) is 11.9. The van der Waals surface area contributed by atoms with Crippen molar-refractivity contribution < 1.29 is 14.3 Å². The average molecular weight is 381 g/mol. The third-order valence-electron chi connectivity index (χ3n) is 3.54. The smallest absolute Gasteiger partial charge is 0.226 e.